The Kier molecular flexibility index (Phi) is 4.25. The van der Waals surface area contributed by atoms with Gasteiger partial charge in [0.2, 0.25) is 0 Å². The first-order valence-electron chi connectivity index (χ1n) is 7.14. The minimum absolute atomic E-state index is 0.563. The summed E-state index contributed by atoms with van der Waals surface area (Å²) < 4.78 is 1.20. The smallest absolute Gasteiger partial charge is 0.0650 e. The molecule has 0 radical (unpaired) electrons. The number of hydrogen-bond donors (Lipinski definition) is 1. The molecule has 1 saturated carbocycles. The summed E-state index contributed by atoms with van der Waals surface area (Å²) in [4.78, 5) is 2.53. The molecule has 4 heteroatoms. The van der Waals surface area contributed by atoms with Crippen molar-refractivity contribution in [3.63, 3.8) is 0 Å². The maximum absolute atomic E-state index is 6.46. The Morgan fingerprint density at radius 2 is 2.21 bits per heavy atom. The summed E-state index contributed by atoms with van der Waals surface area (Å²) in [7, 11) is 0. The Morgan fingerprint density at radius 1 is 1.42 bits per heavy atom. The lowest BCUT2D eigenvalue weighted by atomic mass is 10.0. The van der Waals surface area contributed by atoms with Crippen LogP contribution in [0, 0.1) is 9.49 Å². The van der Waals surface area contributed by atoms with Gasteiger partial charge in [-0.3, -0.25) is 0 Å². The summed E-state index contributed by atoms with van der Waals surface area (Å²) >= 11 is 8.78. The van der Waals surface area contributed by atoms with Gasteiger partial charge in [-0.2, -0.15) is 0 Å². The van der Waals surface area contributed by atoms with Gasteiger partial charge < -0.3 is 10.2 Å². The van der Waals surface area contributed by atoms with Gasteiger partial charge in [-0.05, 0) is 66.0 Å². The molecule has 2 aliphatic rings. The van der Waals surface area contributed by atoms with Crippen LogP contribution in [0.2, 0.25) is 5.02 Å². The lowest BCUT2D eigenvalue weighted by Crippen LogP contribution is -2.57. The van der Waals surface area contributed by atoms with Gasteiger partial charge in [0.05, 0.1) is 10.7 Å². The summed E-state index contributed by atoms with van der Waals surface area (Å²) in [5, 5.41) is 4.62. The second-order valence-corrected chi connectivity index (χ2v) is 7.32. The van der Waals surface area contributed by atoms with Crippen molar-refractivity contribution in [2.24, 2.45) is 5.92 Å². The minimum Gasteiger partial charge on any atom is -0.365 e. The Hall–Kier alpha value is -0.0000000000000000555. The summed E-state index contributed by atoms with van der Waals surface area (Å²) in [6, 6.07) is 7.62. The van der Waals surface area contributed by atoms with E-state index in [0.717, 1.165) is 30.5 Å². The molecule has 2 unspecified atom stereocenters. The van der Waals surface area contributed by atoms with E-state index in [-0.39, 0.29) is 0 Å². The largest absolute Gasteiger partial charge is 0.365 e. The van der Waals surface area contributed by atoms with Gasteiger partial charge in [0.25, 0.3) is 0 Å². The van der Waals surface area contributed by atoms with Gasteiger partial charge in [0.1, 0.15) is 0 Å². The third kappa shape index (κ3) is 3.03. The number of nitrogens with zero attached hydrogens (tertiary/aromatic N) is 1. The lowest BCUT2D eigenvalue weighted by molar-refractivity contribution is 0.360. The standard InChI is InChI=1S/C15H20ClIN2/c1-2-12-8-18-14(10-3-4-10)9-19(12)15-6-5-11(17)7-13(15)16/h5-7,10,12,14,18H,2-4,8-9H2,1H3. The monoisotopic (exact) mass is 390 g/mol. The van der Waals surface area contributed by atoms with Crippen LogP contribution in [0.25, 0.3) is 0 Å². The molecule has 0 bridgehead atoms. The fraction of sp³-hybridized carbons (Fsp3) is 0.600. The first kappa shape index (κ1) is 14.0. The van der Waals surface area contributed by atoms with E-state index >= 15 is 0 Å². The molecular formula is C15H20ClIN2. The van der Waals surface area contributed by atoms with Crippen LogP contribution in [0.5, 0.6) is 0 Å². The number of benzene rings is 1. The van der Waals surface area contributed by atoms with Crippen molar-refractivity contribution in [1.82, 2.24) is 5.32 Å². The van der Waals surface area contributed by atoms with Gasteiger partial charge in [-0.15, -0.1) is 0 Å². The molecule has 0 amide bonds. The Bertz CT molecular complexity index is 461. The summed E-state index contributed by atoms with van der Waals surface area (Å²) in [6.07, 6.45) is 3.94. The maximum Gasteiger partial charge on any atom is 0.0650 e. The molecule has 1 aliphatic heterocycles. The van der Waals surface area contributed by atoms with Crippen LogP contribution in [0.1, 0.15) is 26.2 Å². The molecule has 1 aliphatic carbocycles. The summed E-state index contributed by atoms with van der Waals surface area (Å²) in [5.74, 6) is 0.892. The average Bonchev–Trinajstić information content (AvgIpc) is 3.22. The quantitative estimate of drug-likeness (QED) is 0.787. The van der Waals surface area contributed by atoms with Crippen molar-refractivity contribution >= 4 is 39.9 Å². The zero-order chi connectivity index (χ0) is 13.4. The molecule has 0 spiro atoms. The average molecular weight is 391 g/mol. The third-order valence-electron chi connectivity index (χ3n) is 4.33. The van der Waals surface area contributed by atoms with E-state index in [1.165, 1.54) is 22.1 Å². The second-order valence-electron chi connectivity index (χ2n) is 5.66. The number of hydrogen-bond acceptors (Lipinski definition) is 2. The maximum atomic E-state index is 6.46. The van der Waals surface area contributed by atoms with Crippen molar-refractivity contribution in [1.29, 1.82) is 0 Å². The van der Waals surface area contributed by atoms with Gasteiger partial charge in [-0.25, -0.2) is 0 Å². The molecule has 2 nitrogen and oxygen atoms in total. The molecule has 19 heavy (non-hydrogen) atoms. The highest BCUT2D eigenvalue weighted by atomic mass is 127. The lowest BCUT2D eigenvalue weighted by Gasteiger charge is -2.42. The molecule has 2 atom stereocenters. The zero-order valence-corrected chi connectivity index (χ0v) is 14.1. The van der Waals surface area contributed by atoms with Crippen LogP contribution in [-0.2, 0) is 0 Å². The van der Waals surface area contributed by atoms with Gasteiger partial charge in [-0.1, -0.05) is 18.5 Å². The molecule has 0 aromatic heterocycles. The number of halogens is 2. The molecule has 1 saturated heterocycles. The predicted octanol–water partition coefficient (Wildman–Crippen LogP) is 3.91. The Morgan fingerprint density at radius 3 is 2.84 bits per heavy atom. The van der Waals surface area contributed by atoms with Crippen molar-refractivity contribution in [2.75, 3.05) is 18.0 Å². The van der Waals surface area contributed by atoms with Crippen molar-refractivity contribution in [3.05, 3.63) is 26.8 Å². The van der Waals surface area contributed by atoms with E-state index in [0.29, 0.717) is 12.1 Å². The predicted molar refractivity (Wildman–Crippen MR) is 90.1 cm³/mol. The molecule has 1 aromatic rings. The van der Waals surface area contributed by atoms with Crippen molar-refractivity contribution < 1.29 is 0 Å². The first-order chi connectivity index (χ1) is 9.19. The molecule has 1 N–H and O–H groups in total. The highest BCUT2D eigenvalue weighted by molar-refractivity contribution is 14.1. The molecule has 2 fully saturated rings. The third-order valence-corrected chi connectivity index (χ3v) is 5.31. The van der Waals surface area contributed by atoms with Gasteiger partial charge >= 0.3 is 0 Å². The van der Waals surface area contributed by atoms with Crippen LogP contribution in [0.3, 0.4) is 0 Å². The Labute approximate surface area is 134 Å². The van der Waals surface area contributed by atoms with Crippen molar-refractivity contribution in [2.45, 2.75) is 38.3 Å². The minimum atomic E-state index is 0.563. The molecule has 1 heterocycles. The SMILES string of the molecule is CCC1CNC(C2CC2)CN1c1ccc(I)cc1Cl. The van der Waals surface area contributed by atoms with Gasteiger partial charge in [0.15, 0.2) is 0 Å². The van der Waals surface area contributed by atoms with E-state index in [9.17, 15) is 0 Å². The summed E-state index contributed by atoms with van der Waals surface area (Å²) in [6.45, 7) is 4.45. The molecule has 104 valence electrons. The topological polar surface area (TPSA) is 15.3 Å². The Balaban J connectivity index is 1.85. The van der Waals surface area contributed by atoms with E-state index in [4.69, 9.17) is 11.6 Å². The van der Waals surface area contributed by atoms with Crippen LogP contribution in [-0.4, -0.2) is 25.2 Å². The van der Waals surface area contributed by atoms with Crippen molar-refractivity contribution in [3.8, 4) is 0 Å². The number of rotatable bonds is 3. The van der Waals surface area contributed by atoms with E-state index in [1.807, 2.05) is 0 Å². The second kappa shape index (κ2) is 5.78. The van der Waals surface area contributed by atoms with E-state index < -0.39 is 0 Å². The fourth-order valence-electron chi connectivity index (χ4n) is 3.01. The first-order valence-corrected chi connectivity index (χ1v) is 8.59. The number of anilines is 1. The van der Waals surface area contributed by atoms with E-state index in [1.54, 1.807) is 0 Å². The van der Waals surface area contributed by atoms with Crippen LogP contribution < -0.4 is 10.2 Å². The fourth-order valence-corrected chi connectivity index (χ4v) is 3.98. The highest BCUT2D eigenvalue weighted by Crippen LogP contribution is 2.37. The molecule has 1 aromatic carbocycles. The molecular weight excluding hydrogens is 371 g/mol. The van der Waals surface area contributed by atoms with Crippen LogP contribution >= 0.6 is 34.2 Å². The van der Waals surface area contributed by atoms with Crippen LogP contribution in [0.15, 0.2) is 18.2 Å². The molecule has 3 rings (SSSR count). The van der Waals surface area contributed by atoms with E-state index in [2.05, 4.69) is 57.9 Å². The summed E-state index contributed by atoms with van der Waals surface area (Å²) in [5.41, 5.74) is 1.21. The zero-order valence-electron chi connectivity index (χ0n) is 11.2. The highest BCUT2D eigenvalue weighted by Gasteiger charge is 2.37. The van der Waals surface area contributed by atoms with Gasteiger partial charge in [0, 0.05) is 28.7 Å². The number of piperazine rings is 1. The number of nitrogens with one attached hydrogen (secondary N) is 1. The van der Waals surface area contributed by atoms with Crippen LogP contribution in [0.4, 0.5) is 5.69 Å². The normalized spacial score (nSPS) is 27.6.